The zero-order valence-corrected chi connectivity index (χ0v) is 16.1. The number of hydrogen-bond donors (Lipinski definition) is 1. The molecule has 2 aromatic carbocycles. The van der Waals surface area contributed by atoms with Crippen molar-refractivity contribution in [2.24, 2.45) is 0 Å². The molecule has 0 heterocycles. The third kappa shape index (κ3) is 5.59. The first-order valence-corrected chi connectivity index (χ1v) is 8.71. The molecule has 1 amide bonds. The van der Waals surface area contributed by atoms with Crippen LogP contribution in [0, 0.1) is 24.0 Å². The first kappa shape index (κ1) is 20.5. The molecule has 2 rings (SSSR count). The Balaban J connectivity index is 1.88. The smallest absolute Gasteiger partial charge is 0.271 e. The van der Waals surface area contributed by atoms with Crippen LogP contribution in [0.4, 0.5) is 11.4 Å². The highest BCUT2D eigenvalue weighted by Crippen LogP contribution is 2.29. The van der Waals surface area contributed by atoms with Gasteiger partial charge in [-0.2, -0.15) is 0 Å². The Morgan fingerprint density at radius 2 is 1.89 bits per heavy atom. The number of rotatable bonds is 8. The van der Waals surface area contributed by atoms with E-state index in [-0.39, 0.29) is 23.7 Å². The molecule has 0 radical (unpaired) electrons. The summed E-state index contributed by atoms with van der Waals surface area (Å²) in [6, 6.07) is 7.74. The highest BCUT2D eigenvalue weighted by atomic mass is 35.5. The first-order chi connectivity index (χ1) is 12.8. The number of anilines is 1. The summed E-state index contributed by atoms with van der Waals surface area (Å²) in [5.41, 5.74) is 2.01. The van der Waals surface area contributed by atoms with E-state index in [4.69, 9.17) is 21.1 Å². The van der Waals surface area contributed by atoms with Gasteiger partial charge in [0.2, 0.25) is 5.91 Å². The molecule has 144 valence electrons. The van der Waals surface area contributed by atoms with E-state index in [9.17, 15) is 14.9 Å². The standard InChI is InChI=1S/C19H21ClN2O5/c1-12-9-15(10-13(2)19(12)20)27-8-4-5-18(23)21-16-11-14(22(24)25)6-7-17(16)26-3/h6-7,9-11H,4-5,8H2,1-3H3,(H,21,23). The van der Waals surface area contributed by atoms with Crippen molar-refractivity contribution >= 4 is 28.9 Å². The molecule has 0 aliphatic rings. The number of carbonyl (C=O) groups excluding carboxylic acids is 1. The largest absolute Gasteiger partial charge is 0.495 e. The summed E-state index contributed by atoms with van der Waals surface area (Å²) in [6.07, 6.45) is 0.696. The molecule has 2 aromatic rings. The van der Waals surface area contributed by atoms with E-state index >= 15 is 0 Å². The molecule has 0 fully saturated rings. The maximum Gasteiger partial charge on any atom is 0.271 e. The van der Waals surface area contributed by atoms with Gasteiger partial charge in [0.1, 0.15) is 11.5 Å². The Kier molecular flexibility index (Phi) is 7.01. The molecule has 0 aromatic heterocycles. The van der Waals surface area contributed by atoms with Crippen molar-refractivity contribution in [3.8, 4) is 11.5 Å². The summed E-state index contributed by atoms with van der Waals surface area (Å²) in [5.74, 6) is 0.786. The van der Waals surface area contributed by atoms with Crippen molar-refractivity contribution in [1.82, 2.24) is 0 Å². The number of ether oxygens (including phenoxy) is 2. The van der Waals surface area contributed by atoms with Crippen LogP contribution in [-0.2, 0) is 4.79 Å². The second-order valence-corrected chi connectivity index (χ2v) is 6.39. The van der Waals surface area contributed by atoms with Gasteiger partial charge in [-0.25, -0.2) is 0 Å². The monoisotopic (exact) mass is 392 g/mol. The lowest BCUT2D eigenvalue weighted by atomic mass is 10.1. The van der Waals surface area contributed by atoms with E-state index < -0.39 is 4.92 Å². The molecule has 7 nitrogen and oxygen atoms in total. The van der Waals surface area contributed by atoms with Crippen LogP contribution in [0.2, 0.25) is 5.02 Å². The quantitative estimate of drug-likeness (QED) is 0.400. The molecule has 0 aliphatic carbocycles. The predicted molar refractivity (Wildman–Crippen MR) is 104 cm³/mol. The number of methoxy groups -OCH3 is 1. The van der Waals surface area contributed by atoms with E-state index in [0.717, 1.165) is 11.1 Å². The Hall–Kier alpha value is -2.80. The van der Waals surface area contributed by atoms with Crippen molar-refractivity contribution in [2.45, 2.75) is 26.7 Å². The summed E-state index contributed by atoms with van der Waals surface area (Å²) in [4.78, 5) is 22.5. The average Bonchev–Trinajstić information content (AvgIpc) is 2.63. The summed E-state index contributed by atoms with van der Waals surface area (Å²) >= 11 is 6.12. The lowest BCUT2D eigenvalue weighted by Crippen LogP contribution is -2.13. The van der Waals surface area contributed by atoms with Crippen LogP contribution in [0.15, 0.2) is 30.3 Å². The Bertz CT molecular complexity index is 831. The number of benzene rings is 2. The van der Waals surface area contributed by atoms with Gasteiger partial charge in [0.05, 0.1) is 24.3 Å². The fourth-order valence-corrected chi connectivity index (χ4v) is 2.64. The number of nitro benzene ring substituents is 1. The van der Waals surface area contributed by atoms with E-state index in [1.165, 1.54) is 25.3 Å². The predicted octanol–water partition coefficient (Wildman–Crippen LogP) is 4.67. The van der Waals surface area contributed by atoms with E-state index in [0.29, 0.717) is 29.5 Å². The zero-order chi connectivity index (χ0) is 20.0. The molecule has 0 unspecified atom stereocenters. The van der Waals surface area contributed by atoms with Crippen molar-refractivity contribution < 1.29 is 19.2 Å². The Labute approximate surface area is 162 Å². The van der Waals surface area contributed by atoms with Crippen molar-refractivity contribution in [3.05, 3.63) is 56.6 Å². The minimum Gasteiger partial charge on any atom is -0.495 e. The van der Waals surface area contributed by atoms with Crippen LogP contribution in [0.3, 0.4) is 0 Å². The number of halogens is 1. The summed E-state index contributed by atoms with van der Waals surface area (Å²) in [7, 11) is 1.43. The van der Waals surface area contributed by atoms with Gasteiger partial charge in [0.15, 0.2) is 0 Å². The van der Waals surface area contributed by atoms with Crippen LogP contribution < -0.4 is 14.8 Å². The topological polar surface area (TPSA) is 90.7 Å². The van der Waals surface area contributed by atoms with Gasteiger partial charge in [-0.15, -0.1) is 0 Å². The van der Waals surface area contributed by atoms with Crippen LogP contribution in [0.1, 0.15) is 24.0 Å². The number of non-ortho nitro benzene ring substituents is 1. The Morgan fingerprint density at radius 3 is 2.48 bits per heavy atom. The SMILES string of the molecule is COc1ccc([N+](=O)[O-])cc1NC(=O)CCCOc1cc(C)c(Cl)c(C)c1. The number of nitrogens with zero attached hydrogens (tertiary/aromatic N) is 1. The molecule has 0 saturated carbocycles. The lowest BCUT2D eigenvalue weighted by molar-refractivity contribution is -0.384. The Morgan fingerprint density at radius 1 is 1.22 bits per heavy atom. The molecule has 1 N–H and O–H groups in total. The minimum atomic E-state index is -0.529. The fourth-order valence-electron chi connectivity index (χ4n) is 2.53. The number of nitrogens with one attached hydrogen (secondary N) is 1. The molecule has 0 aliphatic heterocycles. The van der Waals surface area contributed by atoms with E-state index in [1.807, 2.05) is 26.0 Å². The van der Waals surface area contributed by atoms with E-state index in [1.54, 1.807) is 0 Å². The van der Waals surface area contributed by atoms with Gasteiger partial charge in [-0.3, -0.25) is 14.9 Å². The van der Waals surface area contributed by atoms with Gasteiger partial charge in [-0.1, -0.05) is 11.6 Å². The van der Waals surface area contributed by atoms with Gasteiger partial charge in [0, 0.05) is 23.6 Å². The average molecular weight is 393 g/mol. The second kappa shape index (κ2) is 9.23. The van der Waals surface area contributed by atoms with Crippen molar-refractivity contribution in [2.75, 3.05) is 19.0 Å². The fraction of sp³-hybridized carbons (Fsp3) is 0.316. The lowest BCUT2D eigenvalue weighted by Gasteiger charge is -2.11. The summed E-state index contributed by atoms with van der Waals surface area (Å²) in [5, 5.41) is 14.2. The highest BCUT2D eigenvalue weighted by Gasteiger charge is 2.13. The second-order valence-electron chi connectivity index (χ2n) is 6.01. The van der Waals surface area contributed by atoms with Crippen LogP contribution in [-0.4, -0.2) is 24.5 Å². The molecular weight excluding hydrogens is 372 g/mol. The van der Waals surface area contributed by atoms with Gasteiger partial charge in [0.25, 0.3) is 5.69 Å². The summed E-state index contributed by atoms with van der Waals surface area (Å²) < 4.78 is 10.8. The minimum absolute atomic E-state index is 0.122. The highest BCUT2D eigenvalue weighted by molar-refractivity contribution is 6.32. The summed E-state index contributed by atoms with van der Waals surface area (Å²) in [6.45, 7) is 4.17. The van der Waals surface area contributed by atoms with Crippen LogP contribution >= 0.6 is 11.6 Å². The molecular formula is C19H21ClN2O5. The molecule has 0 atom stereocenters. The van der Waals surface area contributed by atoms with Crippen LogP contribution in [0.25, 0.3) is 0 Å². The number of nitro groups is 1. The van der Waals surface area contributed by atoms with Gasteiger partial charge >= 0.3 is 0 Å². The maximum atomic E-state index is 12.1. The molecule has 27 heavy (non-hydrogen) atoms. The number of amides is 1. The first-order valence-electron chi connectivity index (χ1n) is 8.33. The number of hydrogen-bond acceptors (Lipinski definition) is 5. The third-order valence-corrected chi connectivity index (χ3v) is 4.49. The van der Waals surface area contributed by atoms with Crippen LogP contribution in [0.5, 0.6) is 11.5 Å². The zero-order valence-electron chi connectivity index (χ0n) is 15.4. The van der Waals surface area contributed by atoms with Crippen molar-refractivity contribution in [3.63, 3.8) is 0 Å². The van der Waals surface area contributed by atoms with Crippen molar-refractivity contribution in [1.29, 1.82) is 0 Å². The van der Waals surface area contributed by atoms with E-state index in [2.05, 4.69) is 5.32 Å². The van der Waals surface area contributed by atoms with Gasteiger partial charge < -0.3 is 14.8 Å². The number of aryl methyl sites for hydroxylation is 2. The molecule has 0 spiro atoms. The molecule has 0 saturated heterocycles. The normalized spacial score (nSPS) is 10.4. The van der Waals surface area contributed by atoms with Gasteiger partial charge in [-0.05, 0) is 49.6 Å². The molecule has 0 bridgehead atoms. The molecule has 8 heteroatoms. The number of carbonyl (C=O) groups is 1. The third-order valence-electron chi connectivity index (χ3n) is 3.89. The maximum absolute atomic E-state index is 12.1.